The van der Waals surface area contributed by atoms with E-state index in [4.69, 9.17) is 5.11 Å². The van der Waals surface area contributed by atoms with Gasteiger partial charge in [0.05, 0.1) is 0 Å². The van der Waals surface area contributed by atoms with Crippen LogP contribution in [0.25, 0.3) is 0 Å². The van der Waals surface area contributed by atoms with E-state index in [2.05, 4.69) is 5.32 Å². The zero-order valence-electron chi connectivity index (χ0n) is 13.5. The first kappa shape index (κ1) is 16.1. The van der Waals surface area contributed by atoms with E-state index in [-0.39, 0.29) is 5.91 Å². The predicted molar refractivity (Wildman–Crippen MR) is 90.5 cm³/mol. The van der Waals surface area contributed by atoms with Gasteiger partial charge in [0.1, 0.15) is 6.04 Å². The molecule has 24 heavy (non-hydrogen) atoms. The normalized spacial score (nSPS) is 17.1. The van der Waals surface area contributed by atoms with Crippen LogP contribution in [0.4, 0.5) is 4.79 Å². The number of carboxylic acid groups (broad SMARTS) is 1. The Morgan fingerprint density at radius 2 is 1.83 bits per heavy atom. The fraction of sp³-hybridized carbons (Fsp3) is 0.263. The number of rotatable bonds is 3. The lowest BCUT2D eigenvalue weighted by Crippen LogP contribution is -2.47. The molecule has 2 aromatic carbocycles. The Balaban J connectivity index is 1.93. The summed E-state index contributed by atoms with van der Waals surface area (Å²) in [5.74, 6) is -0.183. The van der Waals surface area contributed by atoms with Gasteiger partial charge in [-0.05, 0) is 29.2 Å². The molecule has 0 saturated heterocycles. The molecule has 2 N–H and O–H groups in total. The van der Waals surface area contributed by atoms with Crippen LogP contribution in [0.2, 0.25) is 0 Å². The molecule has 1 aliphatic rings. The highest BCUT2D eigenvalue weighted by Gasteiger charge is 2.30. The van der Waals surface area contributed by atoms with Gasteiger partial charge in [-0.15, -0.1) is 0 Å². The van der Waals surface area contributed by atoms with E-state index in [1.807, 2.05) is 55.5 Å². The fourth-order valence-corrected chi connectivity index (χ4v) is 3.11. The first-order valence-electron chi connectivity index (χ1n) is 7.94. The van der Waals surface area contributed by atoms with Crippen molar-refractivity contribution in [3.63, 3.8) is 0 Å². The van der Waals surface area contributed by atoms with Crippen molar-refractivity contribution >= 4 is 12.0 Å². The van der Waals surface area contributed by atoms with Crippen molar-refractivity contribution in [3.8, 4) is 0 Å². The third-order valence-electron chi connectivity index (χ3n) is 4.43. The molecule has 3 rings (SSSR count). The Morgan fingerprint density at radius 3 is 2.54 bits per heavy atom. The molecule has 0 radical (unpaired) electrons. The summed E-state index contributed by atoms with van der Waals surface area (Å²) in [5, 5.41) is 11.4. The number of carbonyl (C=O) groups is 2. The Bertz CT molecular complexity index is 773. The summed E-state index contributed by atoms with van der Waals surface area (Å²) < 4.78 is 0. The highest BCUT2D eigenvalue weighted by molar-refractivity contribution is 5.86. The number of hydrogen-bond donors (Lipinski definition) is 2. The Kier molecular flexibility index (Phi) is 4.51. The minimum Gasteiger partial charge on any atom is -0.465 e. The summed E-state index contributed by atoms with van der Waals surface area (Å²) in [6.45, 7) is 2.97. The molecule has 0 aliphatic carbocycles. The summed E-state index contributed by atoms with van der Waals surface area (Å²) in [5.41, 5.74) is 4.26. The van der Waals surface area contributed by atoms with E-state index in [9.17, 15) is 9.59 Å². The van der Waals surface area contributed by atoms with Crippen LogP contribution in [0.15, 0.2) is 48.5 Å². The highest BCUT2D eigenvalue weighted by atomic mass is 16.4. The molecule has 0 bridgehead atoms. The van der Waals surface area contributed by atoms with Crippen molar-refractivity contribution in [1.82, 2.24) is 10.2 Å². The molecule has 1 atom stereocenters. The molecule has 1 aliphatic heterocycles. The zero-order chi connectivity index (χ0) is 17.1. The van der Waals surface area contributed by atoms with E-state index in [0.29, 0.717) is 19.5 Å². The quantitative estimate of drug-likeness (QED) is 0.912. The zero-order valence-corrected chi connectivity index (χ0v) is 13.5. The number of fused-ring (bicyclic) bond motifs is 1. The minimum absolute atomic E-state index is 0.183. The van der Waals surface area contributed by atoms with Gasteiger partial charge in [-0.25, -0.2) is 4.79 Å². The van der Waals surface area contributed by atoms with E-state index in [1.54, 1.807) is 4.90 Å². The molecule has 1 heterocycles. The van der Waals surface area contributed by atoms with Crippen molar-refractivity contribution in [2.45, 2.75) is 32.5 Å². The summed E-state index contributed by atoms with van der Waals surface area (Å²) in [6, 6.07) is 15.0. The van der Waals surface area contributed by atoms with Gasteiger partial charge < -0.3 is 15.3 Å². The van der Waals surface area contributed by atoms with Gasteiger partial charge in [0.2, 0.25) is 5.91 Å². The van der Waals surface area contributed by atoms with Gasteiger partial charge in [0.15, 0.2) is 0 Å². The number of carbonyl (C=O) groups excluding carboxylic acids is 1. The molecule has 0 aromatic heterocycles. The van der Waals surface area contributed by atoms with Gasteiger partial charge in [0.25, 0.3) is 0 Å². The Morgan fingerprint density at radius 1 is 1.17 bits per heavy atom. The summed E-state index contributed by atoms with van der Waals surface area (Å²) >= 11 is 0. The van der Waals surface area contributed by atoms with Crippen molar-refractivity contribution in [1.29, 1.82) is 0 Å². The second-order valence-corrected chi connectivity index (χ2v) is 6.10. The molecule has 0 spiro atoms. The monoisotopic (exact) mass is 324 g/mol. The number of benzene rings is 2. The lowest BCUT2D eigenvalue weighted by atomic mass is 10.0. The molecule has 5 heteroatoms. The van der Waals surface area contributed by atoms with E-state index < -0.39 is 12.1 Å². The largest absolute Gasteiger partial charge is 0.465 e. The van der Waals surface area contributed by atoms with Crippen LogP contribution >= 0.6 is 0 Å². The van der Waals surface area contributed by atoms with E-state index in [1.165, 1.54) is 0 Å². The van der Waals surface area contributed by atoms with Crippen molar-refractivity contribution in [3.05, 3.63) is 70.8 Å². The lowest BCUT2D eigenvalue weighted by molar-refractivity contribution is -0.134. The topological polar surface area (TPSA) is 69.6 Å². The average molecular weight is 324 g/mol. The number of nitrogens with one attached hydrogen (secondary N) is 1. The molecule has 2 amide bonds. The predicted octanol–water partition coefficient (Wildman–Crippen LogP) is 2.72. The first-order chi connectivity index (χ1) is 11.5. The second kappa shape index (κ2) is 6.74. The highest BCUT2D eigenvalue weighted by Crippen LogP contribution is 2.22. The molecule has 124 valence electrons. The number of amides is 2. The Hall–Kier alpha value is -2.82. The third kappa shape index (κ3) is 3.40. The van der Waals surface area contributed by atoms with Gasteiger partial charge in [-0.3, -0.25) is 4.79 Å². The number of nitrogens with zero attached hydrogens (tertiary/aromatic N) is 1. The maximum Gasteiger partial charge on any atom is 0.405 e. The van der Waals surface area contributed by atoms with Crippen LogP contribution in [0, 0.1) is 6.92 Å². The molecule has 0 saturated carbocycles. The standard InChI is InChI=1S/C19H20N2O3/c1-13-6-2-3-8-15(13)11-21-12-16-9-5-4-7-14(16)10-17(18(21)22)20-19(23)24/h2-9,17,20H,10-12H2,1H3,(H,23,24)/t17-/m0/s1. The Labute approximate surface area is 140 Å². The van der Waals surface area contributed by atoms with Crippen LogP contribution in [0.1, 0.15) is 22.3 Å². The van der Waals surface area contributed by atoms with Gasteiger partial charge >= 0.3 is 6.09 Å². The van der Waals surface area contributed by atoms with Crippen molar-refractivity contribution in [2.75, 3.05) is 0 Å². The molecular weight excluding hydrogens is 304 g/mol. The first-order valence-corrected chi connectivity index (χ1v) is 7.94. The van der Waals surface area contributed by atoms with Gasteiger partial charge in [0, 0.05) is 19.5 Å². The molecular formula is C19H20N2O3. The summed E-state index contributed by atoms with van der Waals surface area (Å²) in [6.07, 6.45) is -0.797. The van der Waals surface area contributed by atoms with Crippen LogP contribution in [-0.2, 0) is 24.3 Å². The molecule has 0 fully saturated rings. The summed E-state index contributed by atoms with van der Waals surface area (Å²) in [4.78, 5) is 25.7. The van der Waals surface area contributed by atoms with Gasteiger partial charge in [-0.2, -0.15) is 0 Å². The van der Waals surface area contributed by atoms with E-state index in [0.717, 1.165) is 22.3 Å². The number of aryl methyl sites for hydroxylation is 1. The minimum atomic E-state index is -1.18. The van der Waals surface area contributed by atoms with Gasteiger partial charge in [-0.1, -0.05) is 48.5 Å². The van der Waals surface area contributed by atoms with Crippen LogP contribution in [0.5, 0.6) is 0 Å². The fourth-order valence-electron chi connectivity index (χ4n) is 3.11. The lowest BCUT2D eigenvalue weighted by Gasteiger charge is -2.25. The second-order valence-electron chi connectivity index (χ2n) is 6.10. The molecule has 2 aromatic rings. The maximum absolute atomic E-state index is 12.9. The number of hydrogen-bond acceptors (Lipinski definition) is 2. The van der Waals surface area contributed by atoms with Crippen molar-refractivity contribution in [2.24, 2.45) is 0 Å². The summed E-state index contributed by atoms with van der Waals surface area (Å²) in [7, 11) is 0. The van der Waals surface area contributed by atoms with Crippen molar-refractivity contribution < 1.29 is 14.7 Å². The van der Waals surface area contributed by atoms with Crippen LogP contribution in [-0.4, -0.2) is 28.0 Å². The smallest absolute Gasteiger partial charge is 0.405 e. The molecule has 0 unspecified atom stereocenters. The maximum atomic E-state index is 12.9. The molecule has 5 nitrogen and oxygen atoms in total. The average Bonchev–Trinajstić information content (AvgIpc) is 2.67. The van der Waals surface area contributed by atoms with E-state index >= 15 is 0 Å². The third-order valence-corrected chi connectivity index (χ3v) is 4.43. The van der Waals surface area contributed by atoms with Crippen LogP contribution < -0.4 is 5.32 Å². The van der Waals surface area contributed by atoms with Crippen LogP contribution in [0.3, 0.4) is 0 Å². The SMILES string of the molecule is Cc1ccccc1CN1Cc2ccccc2C[C@H](NC(=O)O)C1=O.